The Kier molecular flexibility index (Phi) is 3.86. The number of hydrogen-bond donors (Lipinski definition) is 3. The van der Waals surface area contributed by atoms with E-state index < -0.39 is 11.9 Å². The Hall–Kier alpha value is -0.650. The van der Waals surface area contributed by atoms with Gasteiger partial charge in [0.05, 0.1) is 10.6 Å². The van der Waals surface area contributed by atoms with E-state index in [1.807, 2.05) is 0 Å². The highest BCUT2D eigenvalue weighted by molar-refractivity contribution is 9.10. The Balaban J connectivity index is 3.07. The van der Waals surface area contributed by atoms with Crippen molar-refractivity contribution < 1.29 is 14.6 Å². The molecule has 0 amide bonds. The smallest absolute Gasteiger partial charge is 0.135 e. The van der Waals surface area contributed by atoms with E-state index in [9.17, 15) is 14.6 Å². The van der Waals surface area contributed by atoms with Crippen molar-refractivity contribution in [2.24, 2.45) is 0 Å². The molecular formula is C9H11BrFNO2. The molecule has 78 valence electrons. The van der Waals surface area contributed by atoms with E-state index in [2.05, 4.69) is 21.2 Å². The Labute approximate surface area is 89.7 Å². The van der Waals surface area contributed by atoms with E-state index in [-0.39, 0.29) is 22.3 Å². The van der Waals surface area contributed by atoms with Gasteiger partial charge in [0.25, 0.3) is 0 Å². The molecule has 1 rings (SSSR count). The fourth-order valence-corrected chi connectivity index (χ4v) is 1.59. The third kappa shape index (κ3) is 2.43. The second kappa shape index (κ2) is 4.72. The molecule has 1 atom stereocenters. The zero-order valence-electron chi connectivity index (χ0n) is 7.59. The molecule has 0 heterocycles. The molecule has 1 unspecified atom stereocenters. The Morgan fingerprint density at radius 2 is 2.21 bits per heavy atom. The molecule has 0 bridgehead atoms. The standard InChI is InChI=1S/C9H11BrFNO2/c1-12-4-8(13)6-2-5(11)3-7(10)9(6)14/h2-3,8,12-14H,4H2,1H3. The summed E-state index contributed by atoms with van der Waals surface area (Å²) in [5.74, 6) is -0.631. The first-order valence-corrected chi connectivity index (χ1v) is 4.86. The van der Waals surface area contributed by atoms with Crippen LogP contribution in [0.1, 0.15) is 11.7 Å². The Morgan fingerprint density at radius 3 is 2.79 bits per heavy atom. The number of aliphatic hydroxyl groups is 1. The zero-order chi connectivity index (χ0) is 10.7. The van der Waals surface area contributed by atoms with Gasteiger partial charge >= 0.3 is 0 Å². The lowest BCUT2D eigenvalue weighted by Gasteiger charge is -2.13. The number of benzene rings is 1. The number of rotatable bonds is 3. The lowest BCUT2D eigenvalue weighted by atomic mass is 10.1. The van der Waals surface area contributed by atoms with Gasteiger partial charge in [0, 0.05) is 12.1 Å². The van der Waals surface area contributed by atoms with E-state index in [0.29, 0.717) is 0 Å². The molecule has 0 aliphatic heterocycles. The fourth-order valence-electron chi connectivity index (χ4n) is 1.14. The molecule has 14 heavy (non-hydrogen) atoms. The van der Waals surface area contributed by atoms with E-state index in [4.69, 9.17) is 0 Å². The van der Waals surface area contributed by atoms with Gasteiger partial charge in [-0.2, -0.15) is 0 Å². The summed E-state index contributed by atoms with van der Waals surface area (Å²) in [6, 6.07) is 2.26. The molecule has 3 N–H and O–H groups in total. The molecule has 0 fully saturated rings. The molecule has 1 aromatic carbocycles. The normalized spacial score (nSPS) is 12.9. The maximum Gasteiger partial charge on any atom is 0.135 e. The summed E-state index contributed by atoms with van der Waals surface area (Å²) >= 11 is 2.99. The minimum Gasteiger partial charge on any atom is -0.506 e. The van der Waals surface area contributed by atoms with Gasteiger partial charge in [-0.3, -0.25) is 0 Å². The Bertz CT molecular complexity index is 333. The second-order valence-corrected chi connectivity index (χ2v) is 3.75. The van der Waals surface area contributed by atoms with Gasteiger partial charge in [-0.05, 0) is 35.1 Å². The number of halogens is 2. The van der Waals surface area contributed by atoms with Crippen LogP contribution in [0.5, 0.6) is 5.75 Å². The highest BCUT2D eigenvalue weighted by Gasteiger charge is 2.15. The average Bonchev–Trinajstić information content (AvgIpc) is 2.11. The van der Waals surface area contributed by atoms with Crippen LogP contribution < -0.4 is 5.32 Å². The molecule has 1 aromatic rings. The third-order valence-electron chi connectivity index (χ3n) is 1.81. The van der Waals surface area contributed by atoms with Crippen LogP contribution in [-0.4, -0.2) is 23.8 Å². The molecular weight excluding hydrogens is 253 g/mol. The molecule has 3 nitrogen and oxygen atoms in total. The molecule has 0 aliphatic carbocycles. The van der Waals surface area contributed by atoms with Gasteiger partial charge in [-0.1, -0.05) is 0 Å². The van der Waals surface area contributed by atoms with Crippen LogP contribution in [-0.2, 0) is 0 Å². The van der Waals surface area contributed by atoms with Crippen molar-refractivity contribution in [3.8, 4) is 5.75 Å². The summed E-state index contributed by atoms with van der Waals surface area (Å²) in [6.07, 6.45) is -0.924. The molecule has 5 heteroatoms. The fraction of sp³-hybridized carbons (Fsp3) is 0.333. The topological polar surface area (TPSA) is 52.5 Å². The highest BCUT2D eigenvalue weighted by atomic mass is 79.9. The Morgan fingerprint density at radius 1 is 1.57 bits per heavy atom. The van der Waals surface area contributed by atoms with Crippen molar-refractivity contribution in [2.45, 2.75) is 6.10 Å². The summed E-state index contributed by atoms with van der Waals surface area (Å²) < 4.78 is 13.2. The van der Waals surface area contributed by atoms with Crippen LogP contribution in [0.25, 0.3) is 0 Å². The van der Waals surface area contributed by atoms with Crippen LogP contribution in [0.4, 0.5) is 4.39 Å². The third-order valence-corrected chi connectivity index (χ3v) is 2.42. The molecule has 0 saturated carbocycles. The van der Waals surface area contributed by atoms with Crippen molar-refractivity contribution in [3.05, 3.63) is 28.0 Å². The van der Waals surface area contributed by atoms with Gasteiger partial charge in [-0.15, -0.1) is 0 Å². The predicted molar refractivity (Wildman–Crippen MR) is 54.7 cm³/mol. The first-order chi connectivity index (χ1) is 6.56. The minimum atomic E-state index is -0.924. The first-order valence-electron chi connectivity index (χ1n) is 4.06. The number of aliphatic hydroxyl groups excluding tert-OH is 1. The summed E-state index contributed by atoms with van der Waals surface area (Å²) in [4.78, 5) is 0. The van der Waals surface area contributed by atoms with Gasteiger partial charge < -0.3 is 15.5 Å². The summed E-state index contributed by atoms with van der Waals surface area (Å²) in [6.45, 7) is 0.253. The van der Waals surface area contributed by atoms with E-state index in [1.54, 1.807) is 7.05 Å². The van der Waals surface area contributed by atoms with Crippen molar-refractivity contribution in [3.63, 3.8) is 0 Å². The lowest BCUT2D eigenvalue weighted by molar-refractivity contribution is 0.173. The second-order valence-electron chi connectivity index (χ2n) is 2.90. The van der Waals surface area contributed by atoms with Gasteiger partial charge in [0.1, 0.15) is 11.6 Å². The number of aromatic hydroxyl groups is 1. The summed E-state index contributed by atoms with van der Waals surface area (Å²) in [7, 11) is 1.66. The predicted octanol–water partition coefficient (Wildman–Crippen LogP) is 1.55. The molecule has 0 aliphatic rings. The summed E-state index contributed by atoms with van der Waals surface area (Å²) in [5, 5.41) is 21.8. The van der Waals surface area contributed by atoms with Crippen molar-refractivity contribution in [1.82, 2.24) is 5.32 Å². The van der Waals surface area contributed by atoms with Gasteiger partial charge in [-0.25, -0.2) is 4.39 Å². The lowest BCUT2D eigenvalue weighted by Crippen LogP contribution is -2.17. The highest BCUT2D eigenvalue weighted by Crippen LogP contribution is 2.32. The maximum absolute atomic E-state index is 12.9. The number of phenolic OH excluding ortho intramolecular Hbond substituents is 1. The zero-order valence-corrected chi connectivity index (χ0v) is 9.18. The molecule has 0 spiro atoms. The van der Waals surface area contributed by atoms with Crippen LogP contribution in [0.3, 0.4) is 0 Å². The number of hydrogen-bond acceptors (Lipinski definition) is 3. The molecule has 0 saturated heterocycles. The van der Waals surface area contributed by atoms with Crippen LogP contribution in [0.2, 0.25) is 0 Å². The van der Waals surface area contributed by atoms with Crippen molar-refractivity contribution >= 4 is 15.9 Å². The number of nitrogens with one attached hydrogen (secondary N) is 1. The number of likely N-dealkylation sites (N-methyl/N-ethyl adjacent to an activating group) is 1. The quantitative estimate of drug-likeness (QED) is 0.776. The monoisotopic (exact) mass is 263 g/mol. The van der Waals surface area contributed by atoms with Crippen LogP contribution in [0, 0.1) is 5.82 Å². The first kappa shape index (κ1) is 11.4. The van der Waals surface area contributed by atoms with E-state index in [0.717, 1.165) is 12.1 Å². The molecule has 0 aromatic heterocycles. The van der Waals surface area contributed by atoms with E-state index >= 15 is 0 Å². The molecule has 0 radical (unpaired) electrons. The van der Waals surface area contributed by atoms with Crippen LogP contribution in [0.15, 0.2) is 16.6 Å². The SMILES string of the molecule is CNCC(O)c1cc(F)cc(Br)c1O. The van der Waals surface area contributed by atoms with Crippen LogP contribution >= 0.6 is 15.9 Å². The van der Waals surface area contributed by atoms with Crippen molar-refractivity contribution in [2.75, 3.05) is 13.6 Å². The van der Waals surface area contributed by atoms with Gasteiger partial charge in [0.2, 0.25) is 0 Å². The average molecular weight is 264 g/mol. The maximum atomic E-state index is 12.9. The van der Waals surface area contributed by atoms with Gasteiger partial charge in [0.15, 0.2) is 0 Å². The van der Waals surface area contributed by atoms with E-state index in [1.165, 1.54) is 0 Å². The summed E-state index contributed by atoms with van der Waals surface area (Å²) in [5.41, 5.74) is 0.172. The number of phenols is 1. The van der Waals surface area contributed by atoms with Crippen molar-refractivity contribution in [1.29, 1.82) is 0 Å². The largest absolute Gasteiger partial charge is 0.506 e. The minimum absolute atomic E-state index is 0.130.